The first-order chi connectivity index (χ1) is 14.2. The van der Waals surface area contributed by atoms with Gasteiger partial charge >= 0.3 is 0 Å². The Morgan fingerprint density at radius 1 is 0.931 bits per heavy atom. The zero-order chi connectivity index (χ0) is 19.8. The van der Waals surface area contributed by atoms with Crippen LogP contribution in [0.25, 0.3) is 33.2 Å². The lowest BCUT2D eigenvalue weighted by Crippen LogP contribution is -2.27. The average Bonchev–Trinajstić information content (AvgIpc) is 3.24. The molecule has 0 spiro atoms. The third-order valence-electron chi connectivity index (χ3n) is 5.61. The molecular weight excluding hydrogens is 367 g/mol. The number of hydrogen-bond acceptors (Lipinski definition) is 5. The molecule has 1 aromatic carbocycles. The summed E-state index contributed by atoms with van der Waals surface area (Å²) in [5.74, 6) is 0.582. The molecule has 0 bridgehead atoms. The number of pyridine rings is 2. The minimum absolute atomic E-state index is 0.277. The second kappa shape index (κ2) is 7.25. The molecule has 4 N–H and O–H groups in total. The van der Waals surface area contributed by atoms with Gasteiger partial charge < -0.3 is 11.1 Å². The number of nitrogen functional groups attached to an aromatic ring is 1. The van der Waals surface area contributed by atoms with Gasteiger partial charge in [0, 0.05) is 46.1 Å². The molecule has 5 rings (SSSR count). The number of aromatic nitrogens is 4. The quantitative estimate of drug-likeness (QED) is 0.495. The molecule has 1 aliphatic rings. The van der Waals surface area contributed by atoms with Crippen molar-refractivity contribution in [2.24, 2.45) is 0 Å². The molecule has 29 heavy (non-hydrogen) atoms. The topological polar surface area (TPSA) is 92.5 Å². The summed E-state index contributed by atoms with van der Waals surface area (Å²) in [4.78, 5) is 8.91. The Kier molecular flexibility index (Phi) is 4.44. The summed E-state index contributed by atoms with van der Waals surface area (Å²) in [7, 11) is 0. The van der Waals surface area contributed by atoms with Crippen molar-refractivity contribution in [3.8, 4) is 22.4 Å². The van der Waals surface area contributed by atoms with Crippen molar-refractivity contribution in [3.63, 3.8) is 0 Å². The van der Waals surface area contributed by atoms with E-state index in [1.165, 1.54) is 12.1 Å². The molecule has 146 valence electrons. The third kappa shape index (κ3) is 3.34. The summed E-state index contributed by atoms with van der Waals surface area (Å²) in [5, 5.41) is 12.5. The Balaban J connectivity index is 1.56. The molecule has 0 amide bonds. The number of nitrogens with two attached hydrogens (primary N) is 1. The summed E-state index contributed by atoms with van der Waals surface area (Å²) in [6.07, 6.45) is 7.45. The summed E-state index contributed by atoms with van der Waals surface area (Å²) < 4.78 is 13.5. The molecule has 1 fully saturated rings. The molecule has 3 aromatic heterocycles. The van der Waals surface area contributed by atoms with Crippen molar-refractivity contribution in [3.05, 3.63) is 60.4 Å². The molecule has 0 unspecified atom stereocenters. The number of nitrogens with zero attached hydrogens (tertiary/aromatic N) is 3. The van der Waals surface area contributed by atoms with E-state index in [0.29, 0.717) is 17.4 Å². The Labute approximate surface area is 167 Å². The van der Waals surface area contributed by atoms with Crippen LogP contribution in [-0.4, -0.2) is 33.3 Å². The van der Waals surface area contributed by atoms with Crippen molar-refractivity contribution in [1.82, 2.24) is 25.5 Å². The van der Waals surface area contributed by atoms with E-state index in [-0.39, 0.29) is 5.82 Å². The Bertz CT molecular complexity index is 1180. The number of hydrogen-bond donors (Lipinski definition) is 3. The van der Waals surface area contributed by atoms with Crippen LogP contribution >= 0.6 is 0 Å². The maximum Gasteiger partial charge on any atom is 0.132 e. The predicted octanol–water partition coefficient (Wildman–Crippen LogP) is 3.88. The van der Waals surface area contributed by atoms with Crippen LogP contribution in [0.2, 0.25) is 0 Å². The SMILES string of the molecule is Nc1ncc(-c2cn[nH]c2C2CCNCC2)cc1-c1cc2ccc(F)cc2cn1. The number of rotatable bonds is 3. The van der Waals surface area contributed by atoms with Gasteiger partial charge in [-0.15, -0.1) is 0 Å². The van der Waals surface area contributed by atoms with Gasteiger partial charge in [0.05, 0.1) is 11.9 Å². The number of anilines is 1. The van der Waals surface area contributed by atoms with Crippen molar-refractivity contribution < 1.29 is 4.39 Å². The van der Waals surface area contributed by atoms with Gasteiger partial charge in [-0.1, -0.05) is 6.07 Å². The molecule has 4 heterocycles. The van der Waals surface area contributed by atoms with Crippen molar-refractivity contribution in [2.45, 2.75) is 18.8 Å². The number of fused-ring (bicyclic) bond motifs is 1. The number of piperidine rings is 1. The Morgan fingerprint density at radius 2 is 1.79 bits per heavy atom. The van der Waals surface area contributed by atoms with Gasteiger partial charge in [-0.3, -0.25) is 10.1 Å². The number of H-pyrrole nitrogens is 1. The second-order valence-electron chi connectivity index (χ2n) is 7.44. The molecule has 1 aliphatic heterocycles. The number of benzene rings is 1. The number of halogens is 1. The Hall–Kier alpha value is -3.32. The van der Waals surface area contributed by atoms with Gasteiger partial charge in [-0.25, -0.2) is 9.37 Å². The fourth-order valence-electron chi connectivity index (χ4n) is 4.04. The molecule has 0 aliphatic carbocycles. The average molecular weight is 388 g/mol. The lowest BCUT2D eigenvalue weighted by Gasteiger charge is -2.22. The molecule has 0 radical (unpaired) electrons. The van der Waals surface area contributed by atoms with Crippen LogP contribution in [0.1, 0.15) is 24.5 Å². The monoisotopic (exact) mass is 388 g/mol. The third-order valence-corrected chi connectivity index (χ3v) is 5.61. The summed E-state index contributed by atoms with van der Waals surface area (Å²) >= 11 is 0. The minimum atomic E-state index is -0.277. The lowest BCUT2D eigenvalue weighted by molar-refractivity contribution is 0.453. The van der Waals surface area contributed by atoms with Crippen LogP contribution in [-0.2, 0) is 0 Å². The number of nitrogens with one attached hydrogen (secondary N) is 2. The molecule has 6 nitrogen and oxygen atoms in total. The molecule has 7 heteroatoms. The van der Waals surface area contributed by atoms with E-state index in [0.717, 1.165) is 59.1 Å². The van der Waals surface area contributed by atoms with Crippen molar-refractivity contribution in [1.29, 1.82) is 0 Å². The van der Waals surface area contributed by atoms with Crippen molar-refractivity contribution >= 4 is 16.6 Å². The van der Waals surface area contributed by atoms with E-state index in [4.69, 9.17) is 5.73 Å². The maximum absolute atomic E-state index is 13.5. The van der Waals surface area contributed by atoms with Gasteiger partial charge in [0.2, 0.25) is 0 Å². The summed E-state index contributed by atoms with van der Waals surface area (Å²) in [5.41, 5.74) is 10.8. The van der Waals surface area contributed by atoms with E-state index in [1.54, 1.807) is 18.5 Å². The van der Waals surface area contributed by atoms with Gasteiger partial charge in [0.15, 0.2) is 0 Å². The van der Waals surface area contributed by atoms with Crippen LogP contribution in [0.3, 0.4) is 0 Å². The van der Waals surface area contributed by atoms with Gasteiger partial charge in [-0.05, 0) is 55.6 Å². The number of aromatic amines is 1. The minimum Gasteiger partial charge on any atom is -0.383 e. The van der Waals surface area contributed by atoms with Gasteiger partial charge in [0.1, 0.15) is 11.6 Å². The van der Waals surface area contributed by atoms with E-state index in [2.05, 4.69) is 25.5 Å². The van der Waals surface area contributed by atoms with Crippen LogP contribution in [0.15, 0.2) is 48.9 Å². The van der Waals surface area contributed by atoms with E-state index >= 15 is 0 Å². The fraction of sp³-hybridized carbons (Fsp3) is 0.227. The standard InChI is InChI=1S/C22H21FN6/c23-17-2-1-14-9-20(26-10-15(14)7-17)18-8-16(11-27-22(18)24)19-12-28-29-21(19)13-3-5-25-6-4-13/h1-2,7-13,25H,3-6H2,(H2,24,27)(H,28,29). The van der Waals surface area contributed by atoms with Crippen LogP contribution in [0.5, 0.6) is 0 Å². The highest BCUT2D eigenvalue weighted by Gasteiger charge is 2.21. The molecule has 1 saturated heterocycles. The molecule has 0 saturated carbocycles. The highest BCUT2D eigenvalue weighted by atomic mass is 19.1. The normalized spacial score (nSPS) is 15.1. The smallest absolute Gasteiger partial charge is 0.132 e. The molecule has 0 atom stereocenters. The fourth-order valence-corrected chi connectivity index (χ4v) is 4.04. The highest BCUT2D eigenvalue weighted by Crippen LogP contribution is 2.35. The van der Waals surface area contributed by atoms with Gasteiger partial charge in [0.25, 0.3) is 0 Å². The Morgan fingerprint density at radius 3 is 2.66 bits per heavy atom. The first-order valence-electron chi connectivity index (χ1n) is 9.74. The summed E-state index contributed by atoms with van der Waals surface area (Å²) in [6, 6.07) is 8.58. The maximum atomic E-state index is 13.5. The second-order valence-corrected chi connectivity index (χ2v) is 7.44. The van der Waals surface area contributed by atoms with Crippen LogP contribution < -0.4 is 11.1 Å². The zero-order valence-electron chi connectivity index (χ0n) is 15.8. The summed E-state index contributed by atoms with van der Waals surface area (Å²) in [6.45, 7) is 2.02. The highest BCUT2D eigenvalue weighted by molar-refractivity contribution is 5.87. The van der Waals surface area contributed by atoms with E-state index < -0.39 is 0 Å². The zero-order valence-corrected chi connectivity index (χ0v) is 15.8. The van der Waals surface area contributed by atoms with Crippen molar-refractivity contribution in [2.75, 3.05) is 18.8 Å². The van der Waals surface area contributed by atoms with E-state index in [9.17, 15) is 4.39 Å². The predicted molar refractivity (Wildman–Crippen MR) is 112 cm³/mol. The van der Waals surface area contributed by atoms with E-state index in [1.807, 2.05) is 18.3 Å². The first-order valence-corrected chi connectivity index (χ1v) is 9.74. The van der Waals surface area contributed by atoms with Crippen LogP contribution in [0.4, 0.5) is 10.2 Å². The first kappa shape index (κ1) is 17.8. The van der Waals surface area contributed by atoms with Crippen LogP contribution in [0, 0.1) is 5.82 Å². The largest absolute Gasteiger partial charge is 0.383 e. The lowest BCUT2D eigenvalue weighted by atomic mass is 9.90. The van der Waals surface area contributed by atoms with Gasteiger partial charge in [-0.2, -0.15) is 5.10 Å². The molecule has 4 aromatic rings. The molecular formula is C22H21FN6.